The number of pyridine rings is 1. The van der Waals surface area contributed by atoms with E-state index < -0.39 is 0 Å². The highest BCUT2D eigenvalue weighted by Gasteiger charge is 2.54. The molecule has 4 aliphatic heterocycles. The van der Waals surface area contributed by atoms with Crippen molar-refractivity contribution in [3.8, 4) is 5.88 Å². The monoisotopic (exact) mass is 411 g/mol. The van der Waals surface area contributed by atoms with Crippen molar-refractivity contribution in [2.24, 2.45) is 5.41 Å². The minimum absolute atomic E-state index is 0.0798. The second kappa shape index (κ2) is 7.04. The largest absolute Gasteiger partial charge is 0.480 e. The summed E-state index contributed by atoms with van der Waals surface area (Å²) >= 11 is 7.92. The smallest absolute Gasteiger partial charge is 0.232 e. The minimum Gasteiger partial charge on any atom is -0.480 e. The molecule has 148 valence electrons. The van der Waals surface area contributed by atoms with E-state index in [9.17, 15) is 0 Å². The number of methoxy groups -OCH3 is 1. The van der Waals surface area contributed by atoms with Gasteiger partial charge in [-0.05, 0) is 37.3 Å². The van der Waals surface area contributed by atoms with Crippen LogP contribution >= 0.6 is 23.5 Å². The Morgan fingerprint density at radius 3 is 2.70 bits per heavy atom. The van der Waals surface area contributed by atoms with Gasteiger partial charge in [0.1, 0.15) is 5.02 Å². The molecule has 1 aromatic heterocycles. The van der Waals surface area contributed by atoms with Crippen molar-refractivity contribution in [1.29, 1.82) is 0 Å². The van der Waals surface area contributed by atoms with Crippen LogP contribution in [0, 0.1) is 5.41 Å². The molecule has 0 bridgehead atoms. The Hall–Kier alpha value is -0.570. The lowest BCUT2D eigenvalue weighted by Crippen LogP contribution is -2.68. The summed E-state index contributed by atoms with van der Waals surface area (Å²) in [5, 5.41) is 0.558. The van der Waals surface area contributed by atoms with E-state index in [1.54, 1.807) is 19.1 Å². The Balaban J connectivity index is 1.12. The van der Waals surface area contributed by atoms with E-state index in [4.69, 9.17) is 25.8 Å². The van der Waals surface area contributed by atoms with Crippen LogP contribution in [0.2, 0.25) is 5.02 Å². The van der Waals surface area contributed by atoms with Gasteiger partial charge < -0.3 is 14.2 Å². The number of rotatable bonds is 4. The van der Waals surface area contributed by atoms with Gasteiger partial charge in [-0.2, -0.15) is 0 Å². The Morgan fingerprint density at radius 1 is 1.30 bits per heavy atom. The first-order chi connectivity index (χ1) is 13.1. The van der Waals surface area contributed by atoms with E-state index in [-0.39, 0.29) is 5.60 Å². The average Bonchev–Trinajstić information content (AvgIpc) is 2.99. The van der Waals surface area contributed by atoms with Gasteiger partial charge in [0, 0.05) is 48.7 Å². The third kappa shape index (κ3) is 3.47. The molecule has 2 spiro atoms. The van der Waals surface area contributed by atoms with Gasteiger partial charge in [-0.3, -0.25) is 4.90 Å². The highest BCUT2D eigenvalue weighted by Crippen LogP contribution is 2.45. The number of hydrogen-bond acceptors (Lipinski definition) is 7. The van der Waals surface area contributed by atoms with Crippen LogP contribution in [-0.2, 0) is 9.47 Å². The van der Waals surface area contributed by atoms with Crippen LogP contribution in [0.3, 0.4) is 0 Å². The lowest BCUT2D eigenvalue weighted by molar-refractivity contribution is -0.197. The van der Waals surface area contributed by atoms with Crippen LogP contribution in [0.25, 0.3) is 0 Å². The fraction of sp³-hybridized carbons (Fsp3) is 0.737. The van der Waals surface area contributed by atoms with Gasteiger partial charge in [0.05, 0.1) is 32.5 Å². The van der Waals surface area contributed by atoms with Crippen LogP contribution in [-0.4, -0.2) is 78.9 Å². The maximum Gasteiger partial charge on any atom is 0.232 e. The molecule has 5 heterocycles. The lowest BCUT2D eigenvalue weighted by Gasteiger charge is -2.57. The molecule has 0 radical (unpaired) electrons. The summed E-state index contributed by atoms with van der Waals surface area (Å²) in [6.07, 6.45) is 5.19. The van der Waals surface area contributed by atoms with Crippen molar-refractivity contribution >= 4 is 23.5 Å². The van der Waals surface area contributed by atoms with E-state index in [0.29, 0.717) is 22.4 Å². The van der Waals surface area contributed by atoms with Gasteiger partial charge in [0.25, 0.3) is 0 Å². The van der Waals surface area contributed by atoms with Crippen LogP contribution in [0.15, 0.2) is 17.2 Å². The molecule has 27 heavy (non-hydrogen) atoms. The maximum atomic E-state index is 6.36. The van der Waals surface area contributed by atoms with Crippen LogP contribution in [0.5, 0.6) is 5.88 Å². The summed E-state index contributed by atoms with van der Waals surface area (Å²) in [5.41, 5.74) is 0.569. The molecule has 5 rings (SSSR count). The molecule has 0 aliphatic carbocycles. The van der Waals surface area contributed by atoms with E-state index in [1.165, 1.54) is 19.5 Å². The quantitative estimate of drug-likeness (QED) is 0.706. The van der Waals surface area contributed by atoms with E-state index in [1.807, 2.05) is 12.3 Å². The van der Waals surface area contributed by atoms with Crippen LogP contribution < -0.4 is 4.74 Å². The van der Waals surface area contributed by atoms with Gasteiger partial charge in [-0.1, -0.05) is 11.6 Å². The maximum absolute atomic E-state index is 6.36. The zero-order valence-electron chi connectivity index (χ0n) is 15.7. The van der Waals surface area contributed by atoms with Crippen molar-refractivity contribution in [3.63, 3.8) is 0 Å². The number of nitrogens with zero attached hydrogens (tertiary/aromatic N) is 3. The normalized spacial score (nSPS) is 29.6. The third-order valence-electron chi connectivity index (χ3n) is 6.44. The molecular formula is C19H26ClN3O3S. The summed E-state index contributed by atoms with van der Waals surface area (Å²) in [6.45, 7) is 7.26. The first-order valence-electron chi connectivity index (χ1n) is 9.67. The van der Waals surface area contributed by atoms with E-state index in [2.05, 4.69) is 14.2 Å². The molecule has 0 aromatic carbocycles. The number of aromatic nitrogens is 1. The summed E-state index contributed by atoms with van der Waals surface area (Å²) in [5.74, 6) is 0.477. The Kier molecular flexibility index (Phi) is 4.81. The number of piperidine rings is 1. The number of halogens is 1. The Morgan fingerprint density at radius 2 is 2.07 bits per heavy atom. The van der Waals surface area contributed by atoms with Crippen molar-refractivity contribution in [2.75, 3.05) is 53.1 Å². The molecule has 6 nitrogen and oxygen atoms in total. The van der Waals surface area contributed by atoms with Crippen molar-refractivity contribution < 1.29 is 14.2 Å². The van der Waals surface area contributed by atoms with Crippen LogP contribution in [0.1, 0.15) is 19.3 Å². The zero-order valence-corrected chi connectivity index (χ0v) is 17.2. The SMILES string of the molecule is COc1ncc(SN2CCC3(CC2)CC(N2CC4(COC4)C2)CO3)cc1Cl. The Bertz CT molecular complexity index is 701. The summed E-state index contributed by atoms with van der Waals surface area (Å²) in [4.78, 5) is 7.93. The Labute approximate surface area is 169 Å². The van der Waals surface area contributed by atoms with Crippen molar-refractivity contribution in [1.82, 2.24) is 14.2 Å². The molecule has 0 N–H and O–H groups in total. The number of ether oxygens (including phenoxy) is 3. The van der Waals surface area contributed by atoms with E-state index >= 15 is 0 Å². The van der Waals surface area contributed by atoms with Crippen molar-refractivity contribution in [2.45, 2.75) is 35.8 Å². The standard InChI is InChI=1S/C19H26ClN3O3S/c1-24-17-16(20)6-15(8-21-17)27-23-4-2-19(3-5-23)7-14(9-26-19)22-10-18(11-22)12-25-13-18/h6,8,14H,2-5,7,9-13H2,1H3. The highest BCUT2D eigenvalue weighted by molar-refractivity contribution is 7.97. The molecule has 1 aromatic rings. The fourth-order valence-electron chi connectivity index (χ4n) is 4.79. The second-order valence-electron chi connectivity index (χ2n) is 8.43. The van der Waals surface area contributed by atoms with E-state index in [0.717, 1.165) is 50.6 Å². The third-order valence-corrected chi connectivity index (χ3v) is 7.77. The van der Waals surface area contributed by atoms with Gasteiger partial charge in [-0.15, -0.1) is 0 Å². The number of hydrogen-bond donors (Lipinski definition) is 0. The molecule has 0 amide bonds. The van der Waals surface area contributed by atoms with Gasteiger partial charge >= 0.3 is 0 Å². The molecule has 4 saturated heterocycles. The van der Waals surface area contributed by atoms with Gasteiger partial charge in [0.2, 0.25) is 5.88 Å². The first-order valence-corrected chi connectivity index (χ1v) is 10.8. The van der Waals surface area contributed by atoms with Crippen LogP contribution in [0.4, 0.5) is 0 Å². The predicted molar refractivity (Wildman–Crippen MR) is 104 cm³/mol. The fourth-order valence-corrected chi connectivity index (χ4v) is 6.03. The molecule has 4 aliphatic rings. The average molecular weight is 412 g/mol. The molecular weight excluding hydrogens is 386 g/mol. The predicted octanol–water partition coefficient (Wildman–Crippen LogP) is 2.71. The lowest BCUT2D eigenvalue weighted by atomic mass is 9.76. The minimum atomic E-state index is 0.0798. The highest BCUT2D eigenvalue weighted by atomic mass is 35.5. The molecule has 8 heteroatoms. The summed E-state index contributed by atoms with van der Waals surface area (Å²) in [7, 11) is 1.58. The summed E-state index contributed by atoms with van der Waals surface area (Å²) < 4.78 is 19.3. The van der Waals surface area contributed by atoms with Crippen molar-refractivity contribution in [3.05, 3.63) is 17.3 Å². The first kappa shape index (κ1) is 18.5. The topological polar surface area (TPSA) is 47.1 Å². The second-order valence-corrected chi connectivity index (χ2v) is 10.0. The molecule has 1 unspecified atom stereocenters. The molecule has 4 fully saturated rings. The van der Waals surface area contributed by atoms with Gasteiger partial charge in [-0.25, -0.2) is 9.29 Å². The molecule has 0 saturated carbocycles. The zero-order chi connectivity index (χ0) is 18.5. The number of likely N-dealkylation sites (tertiary alicyclic amines) is 1. The molecule has 1 atom stereocenters. The van der Waals surface area contributed by atoms with Gasteiger partial charge in [0.15, 0.2) is 0 Å². The summed E-state index contributed by atoms with van der Waals surface area (Å²) in [6, 6.07) is 2.52.